The maximum atomic E-state index is 11.5. The highest BCUT2D eigenvalue weighted by atomic mass is 16.1. The minimum atomic E-state index is 0.424. The molecule has 1 heteroatoms. The molecule has 1 fully saturated rings. The van der Waals surface area contributed by atoms with Crippen LogP contribution in [0.4, 0.5) is 0 Å². The van der Waals surface area contributed by atoms with Crippen LogP contribution in [0.15, 0.2) is 0 Å². The van der Waals surface area contributed by atoms with Crippen molar-refractivity contribution < 1.29 is 4.79 Å². The van der Waals surface area contributed by atoms with E-state index in [0.717, 1.165) is 31.6 Å². The number of carbonyl (C=O) groups excluding carboxylic acids is 1. The van der Waals surface area contributed by atoms with Crippen molar-refractivity contribution in [1.82, 2.24) is 0 Å². The zero-order chi connectivity index (χ0) is 9.68. The van der Waals surface area contributed by atoms with Gasteiger partial charge < -0.3 is 0 Å². The molecule has 13 heavy (non-hydrogen) atoms. The first-order chi connectivity index (χ1) is 6.20. The molecule has 1 atom stereocenters. The lowest BCUT2D eigenvalue weighted by atomic mass is 9.84. The molecule has 0 heterocycles. The Morgan fingerprint density at radius 2 is 2.15 bits per heavy atom. The van der Waals surface area contributed by atoms with Gasteiger partial charge in [0.25, 0.3) is 0 Å². The Bertz CT molecular complexity index is 161. The molecule has 0 spiro atoms. The average molecular weight is 182 g/mol. The van der Waals surface area contributed by atoms with Crippen molar-refractivity contribution in [3.8, 4) is 0 Å². The van der Waals surface area contributed by atoms with Gasteiger partial charge >= 0.3 is 0 Å². The van der Waals surface area contributed by atoms with Gasteiger partial charge in [-0.05, 0) is 25.2 Å². The average Bonchev–Trinajstić information content (AvgIpc) is 2.08. The van der Waals surface area contributed by atoms with Gasteiger partial charge in [0, 0.05) is 12.3 Å². The Morgan fingerprint density at radius 1 is 1.38 bits per heavy atom. The van der Waals surface area contributed by atoms with Crippen molar-refractivity contribution in [3.05, 3.63) is 0 Å². The maximum absolute atomic E-state index is 11.5. The summed E-state index contributed by atoms with van der Waals surface area (Å²) in [4.78, 5) is 11.5. The topological polar surface area (TPSA) is 17.1 Å². The fraction of sp³-hybridized carbons (Fsp3) is 0.917. The van der Waals surface area contributed by atoms with Crippen LogP contribution in [-0.4, -0.2) is 5.78 Å². The van der Waals surface area contributed by atoms with Crippen molar-refractivity contribution in [2.24, 2.45) is 11.8 Å². The van der Waals surface area contributed by atoms with Crippen LogP contribution in [0.2, 0.25) is 0 Å². The van der Waals surface area contributed by atoms with Gasteiger partial charge in [-0.1, -0.05) is 33.1 Å². The smallest absolute Gasteiger partial charge is 0.135 e. The summed E-state index contributed by atoms with van der Waals surface area (Å²) < 4.78 is 0. The Hall–Kier alpha value is -0.330. The van der Waals surface area contributed by atoms with Gasteiger partial charge in [0.15, 0.2) is 0 Å². The molecule has 1 aliphatic carbocycles. The molecule has 0 bridgehead atoms. The third-order valence-electron chi connectivity index (χ3n) is 3.02. The number of carbonyl (C=O) groups is 1. The summed E-state index contributed by atoms with van der Waals surface area (Å²) in [5.74, 6) is 1.75. The van der Waals surface area contributed by atoms with E-state index in [9.17, 15) is 4.79 Å². The van der Waals surface area contributed by atoms with Crippen LogP contribution >= 0.6 is 0 Å². The summed E-state index contributed by atoms with van der Waals surface area (Å²) in [6.45, 7) is 4.51. The number of rotatable bonds is 4. The summed E-state index contributed by atoms with van der Waals surface area (Å²) in [6, 6.07) is 0. The molecule has 0 aliphatic heterocycles. The van der Waals surface area contributed by atoms with Gasteiger partial charge in [0.05, 0.1) is 0 Å². The highest BCUT2D eigenvalue weighted by Gasteiger charge is 2.21. The zero-order valence-corrected chi connectivity index (χ0v) is 9.01. The van der Waals surface area contributed by atoms with Gasteiger partial charge in [-0.2, -0.15) is 0 Å². The lowest BCUT2D eigenvalue weighted by molar-refractivity contribution is -0.124. The van der Waals surface area contributed by atoms with E-state index in [1.165, 1.54) is 19.3 Å². The lowest BCUT2D eigenvalue weighted by Crippen LogP contribution is -2.18. The predicted molar refractivity (Wildman–Crippen MR) is 55.7 cm³/mol. The first kappa shape index (κ1) is 10.7. The van der Waals surface area contributed by atoms with Gasteiger partial charge in [-0.25, -0.2) is 0 Å². The SMILES string of the molecule is CC(C)CCCC1CCCCC1=O. The van der Waals surface area contributed by atoms with Crippen LogP contribution in [0.1, 0.15) is 58.8 Å². The second kappa shape index (κ2) is 5.41. The summed E-state index contributed by atoms with van der Waals surface area (Å²) >= 11 is 0. The van der Waals surface area contributed by atoms with Gasteiger partial charge in [0.1, 0.15) is 5.78 Å². The molecule has 0 aromatic rings. The first-order valence-corrected chi connectivity index (χ1v) is 5.73. The third kappa shape index (κ3) is 3.93. The van der Waals surface area contributed by atoms with Crippen molar-refractivity contribution in [2.45, 2.75) is 58.8 Å². The van der Waals surface area contributed by atoms with Crippen LogP contribution in [0.3, 0.4) is 0 Å². The van der Waals surface area contributed by atoms with Crippen molar-refractivity contribution in [2.75, 3.05) is 0 Å². The van der Waals surface area contributed by atoms with Gasteiger partial charge in [0.2, 0.25) is 0 Å². The molecule has 0 saturated heterocycles. The number of hydrogen-bond acceptors (Lipinski definition) is 1. The minimum Gasteiger partial charge on any atom is -0.299 e. The minimum absolute atomic E-state index is 0.424. The fourth-order valence-corrected chi connectivity index (χ4v) is 2.13. The number of Topliss-reactive ketones (excluding diaryl/α,β-unsaturated/α-hetero) is 1. The van der Waals surface area contributed by atoms with E-state index < -0.39 is 0 Å². The number of hydrogen-bond donors (Lipinski definition) is 0. The van der Waals surface area contributed by atoms with Crippen LogP contribution < -0.4 is 0 Å². The monoisotopic (exact) mass is 182 g/mol. The number of ketones is 1. The Morgan fingerprint density at radius 3 is 2.77 bits per heavy atom. The molecule has 0 aromatic carbocycles. The lowest BCUT2D eigenvalue weighted by Gasteiger charge is -2.20. The predicted octanol–water partition coefficient (Wildman–Crippen LogP) is 3.57. The molecular weight excluding hydrogens is 160 g/mol. The summed E-state index contributed by atoms with van der Waals surface area (Å²) in [7, 11) is 0. The molecule has 1 rings (SSSR count). The molecule has 0 N–H and O–H groups in total. The zero-order valence-electron chi connectivity index (χ0n) is 9.01. The fourth-order valence-electron chi connectivity index (χ4n) is 2.13. The standard InChI is InChI=1S/C12H22O/c1-10(2)6-5-8-11-7-3-4-9-12(11)13/h10-11H,3-9H2,1-2H3. The summed E-state index contributed by atoms with van der Waals surface area (Å²) in [5.41, 5.74) is 0. The first-order valence-electron chi connectivity index (χ1n) is 5.73. The van der Waals surface area contributed by atoms with E-state index in [-0.39, 0.29) is 0 Å². The highest BCUT2D eigenvalue weighted by molar-refractivity contribution is 5.81. The molecule has 1 saturated carbocycles. The van der Waals surface area contributed by atoms with E-state index in [2.05, 4.69) is 13.8 Å². The highest BCUT2D eigenvalue weighted by Crippen LogP contribution is 2.25. The summed E-state index contributed by atoms with van der Waals surface area (Å²) in [5, 5.41) is 0. The van der Waals surface area contributed by atoms with Gasteiger partial charge in [-0.3, -0.25) is 4.79 Å². The van der Waals surface area contributed by atoms with Crippen LogP contribution in [0.5, 0.6) is 0 Å². The molecule has 76 valence electrons. The quantitative estimate of drug-likeness (QED) is 0.649. The molecule has 1 unspecified atom stereocenters. The Kier molecular flexibility index (Phi) is 4.47. The maximum Gasteiger partial charge on any atom is 0.135 e. The van der Waals surface area contributed by atoms with E-state index in [4.69, 9.17) is 0 Å². The molecule has 1 aliphatic rings. The normalized spacial score (nSPS) is 23.9. The molecule has 0 aromatic heterocycles. The van der Waals surface area contributed by atoms with Crippen LogP contribution in [0, 0.1) is 11.8 Å². The molecule has 0 radical (unpaired) electrons. The molecular formula is C12H22O. The van der Waals surface area contributed by atoms with E-state index >= 15 is 0 Å². The van der Waals surface area contributed by atoms with Crippen LogP contribution in [-0.2, 0) is 4.79 Å². The van der Waals surface area contributed by atoms with Crippen molar-refractivity contribution in [3.63, 3.8) is 0 Å². The third-order valence-corrected chi connectivity index (χ3v) is 3.02. The van der Waals surface area contributed by atoms with Crippen LogP contribution in [0.25, 0.3) is 0 Å². The van der Waals surface area contributed by atoms with Gasteiger partial charge in [-0.15, -0.1) is 0 Å². The Balaban J connectivity index is 2.15. The molecule has 0 amide bonds. The largest absolute Gasteiger partial charge is 0.299 e. The Labute approximate surface area is 81.9 Å². The van der Waals surface area contributed by atoms with E-state index in [0.29, 0.717) is 11.7 Å². The second-order valence-electron chi connectivity index (χ2n) is 4.73. The van der Waals surface area contributed by atoms with Crippen molar-refractivity contribution in [1.29, 1.82) is 0 Å². The van der Waals surface area contributed by atoms with Crippen molar-refractivity contribution >= 4 is 5.78 Å². The molecule has 1 nitrogen and oxygen atoms in total. The summed E-state index contributed by atoms with van der Waals surface area (Å²) in [6.07, 6.45) is 8.11. The van der Waals surface area contributed by atoms with E-state index in [1.807, 2.05) is 0 Å². The second-order valence-corrected chi connectivity index (χ2v) is 4.73. The van der Waals surface area contributed by atoms with E-state index in [1.54, 1.807) is 0 Å².